The van der Waals surface area contributed by atoms with E-state index in [0.29, 0.717) is 5.56 Å². The zero-order valence-corrected chi connectivity index (χ0v) is 7.34. The summed E-state index contributed by atoms with van der Waals surface area (Å²) < 4.78 is 31.8. The molecule has 1 unspecified atom stereocenters. The topological polar surface area (TPSA) is 61.1 Å². The zero-order chi connectivity index (χ0) is 9.84. The molecule has 0 amide bonds. The minimum absolute atomic E-state index is 0.0625. The summed E-state index contributed by atoms with van der Waals surface area (Å²) in [4.78, 5) is 0. The van der Waals surface area contributed by atoms with Crippen molar-refractivity contribution in [3.05, 3.63) is 35.1 Å². The average molecular weight is 199 g/mol. The molecule has 1 rings (SSSR count). The third kappa shape index (κ3) is 2.61. The SMILES string of the molecule is N#Cc1ccc(CS(=O)O)cc1F. The molecular formula is C8H6FNO2S. The molecule has 13 heavy (non-hydrogen) atoms. The predicted molar refractivity (Wildman–Crippen MR) is 45.6 cm³/mol. The Bertz CT molecular complexity index is 386. The number of nitriles is 1. The van der Waals surface area contributed by atoms with E-state index in [1.807, 2.05) is 0 Å². The molecule has 68 valence electrons. The number of nitrogens with zero attached hydrogens (tertiary/aromatic N) is 1. The Labute approximate surface area is 77.1 Å². The maximum Gasteiger partial charge on any atom is 0.157 e. The summed E-state index contributed by atoms with van der Waals surface area (Å²) in [6, 6.07) is 5.50. The quantitative estimate of drug-likeness (QED) is 0.733. The molecule has 0 aromatic heterocycles. The molecule has 0 spiro atoms. The van der Waals surface area contributed by atoms with Gasteiger partial charge in [-0.3, -0.25) is 0 Å². The van der Waals surface area contributed by atoms with Crippen LogP contribution in [0.1, 0.15) is 11.1 Å². The molecular weight excluding hydrogens is 193 g/mol. The van der Waals surface area contributed by atoms with Gasteiger partial charge in [0.1, 0.15) is 11.9 Å². The van der Waals surface area contributed by atoms with E-state index in [2.05, 4.69) is 0 Å². The van der Waals surface area contributed by atoms with Crippen LogP contribution in [0.25, 0.3) is 0 Å². The summed E-state index contributed by atoms with van der Waals surface area (Å²) in [5.41, 5.74) is 0.338. The van der Waals surface area contributed by atoms with Crippen molar-refractivity contribution in [1.82, 2.24) is 0 Å². The van der Waals surface area contributed by atoms with E-state index < -0.39 is 16.9 Å². The summed E-state index contributed by atoms with van der Waals surface area (Å²) in [6.07, 6.45) is 0. The molecule has 0 saturated heterocycles. The lowest BCUT2D eigenvalue weighted by Gasteiger charge is -1.98. The molecule has 0 bridgehead atoms. The normalized spacial score (nSPS) is 12.1. The van der Waals surface area contributed by atoms with Gasteiger partial charge >= 0.3 is 0 Å². The second-order valence-electron chi connectivity index (χ2n) is 2.39. The maximum atomic E-state index is 12.9. The van der Waals surface area contributed by atoms with Gasteiger partial charge in [-0.15, -0.1) is 0 Å². The van der Waals surface area contributed by atoms with Crippen molar-refractivity contribution in [3.8, 4) is 6.07 Å². The van der Waals surface area contributed by atoms with Gasteiger partial charge in [-0.2, -0.15) is 5.26 Å². The largest absolute Gasteiger partial charge is 0.306 e. The summed E-state index contributed by atoms with van der Waals surface area (Å²) in [5.74, 6) is -0.784. The Kier molecular flexibility index (Phi) is 3.12. The van der Waals surface area contributed by atoms with Crippen molar-refractivity contribution in [2.45, 2.75) is 5.75 Å². The lowest BCUT2D eigenvalue weighted by molar-refractivity contribution is 0.563. The van der Waals surface area contributed by atoms with Crippen molar-refractivity contribution < 1.29 is 13.2 Å². The van der Waals surface area contributed by atoms with Gasteiger partial charge < -0.3 is 4.55 Å². The number of rotatable bonds is 2. The maximum absolute atomic E-state index is 12.9. The number of benzene rings is 1. The second kappa shape index (κ2) is 4.12. The summed E-state index contributed by atoms with van der Waals surface area (Å²) in [5, 5.41) is 8.39. The fourth-order valence-electron chi connectivity index (χ4n) is 0.882. The van der Waals surface area contributed by atoms with Crippen LogP contribution in [-0.2, 0) is 16.8 Å². The van der Waals surface area contributed by atoms with Crippen molar-refractivity contribution in [2.24, 2.45) is 0 Å². The molecule has 1 aromatic carbocycles. The summed E-state index contributed by atoms with van der Waals surface area (Å²) in [7, 11) is 0. The highest BCUT2D eigenvalue weighted by molar-refractivity contribution is 7.78. The van der Waals surface area contributed by atoms with E-state index >= 15 is 0 Å². The van der Waals surface area contributed by atoms with Crippen LogP contribution in [0.5, 0.6) is 0 Å². The fraction of sp³-hybridized carbons (Fsp3) is 0.125. The molecule has 5 heteroatoms. The van der Waals surface area contributed by atoms with E-state index in [4.69, 9.17) is 9.81 Å². The van der Waals surface area contributed by atoms with Crippen LogP contribution in [0.15, 0.2) is 18.2 Å². The first-order valence-electron chi connectivity index (χ1n) is 3.39. The van der Waals surface area contributed by atoms with Crippen LogP contribution < -0.4 is 0 Å². The Morgan fingerprint density at radius 3 is 2.77 bits per heavy atom. The highest BCUT2D eigenvalue weighted by Crippen LogP contribution is 2.10. The number of hydrogen-bond acceptors (Lipinski definition) is 2. The van der Waals surface area contributed by atoms with Gasteiger partial charge in [-0.05, 0) is 17.7 Å². The first kappa shape index (κ1) is 9.84. The van der Waals surface area contributed by atoms with Crippen molar-refractivity contribution in [3.63, 3.8) is 0 Å². The highest BCUT2D eigenvalue weighted by atomic mass is 32.2. The van der Waals surface area contributed by atoms with Gasteiger partial charge in [-0.1, -0.05) is 6.07 Å². The molecule has 0 aliphatic rings. The molecule has 1 N–H and O–H groups in total. The van der Waals surface area contributed by atoms with E-state index in [1.54, 1.807) is 6.07 Å². The van der Waals surface area contributed by atoms with Gasteiger partial charge in [0.05, 0.1) is 11.3 Å². The standard InChI is InChI=1S/C8H6FNO2S/c9-8-3-6(5-13(11)12)1-2-7(8)4-10/h1-3H,5H2,(H,11,12). The predicted octanol–water partition coefficient (Wildman–Crippen LogP) is 1.42. The molecule has 0 heterocycles. The van der Waals surface area contributed by atoms with E-state index in [-0.39, 0.29) is 11.3 Å². The number of hydrogen-bond donors (Lipinski definition) is 1. The van der Waals surface area contributed by atoms with Crippen LogP contribution in [-0.4, -0.2) is 8.76 Å². The second-order valence-corrected chi connectivity index (χ2v) is 3.32. The molecule has 0 saturated carbocycles. The van der Waals surface area contributed by atoms with E-state index in [0.717, 1.165) is 6.07 Å². The Morgan fingerprint density at radius 2 is 2.31 bits per heavy atom. The fourth-order valence-corrected chi connectivity index (χ4v) is 1.35. The molecule has 0 aliphatic heterocycles. The van der Waals surface area contributed by atoms with Crippen molar-refractivity contribution in [2.75, 3.05) is 0 Å². The summed E-state index contributed by atoms with van der Waals surface area (Å²) >= 11 is -1.98. The first-order valence-corrected chi connectivity index (χ1v) is 4.67. The lowest BCUT2D eigenvalue weighted by atomic mass is 10.1. The monoisotopic (exact) mass is 199 g/mol. The lowest BCUT2D eigenvalue weighted by Crippen LogP contribution is -1.94. The number of halogens is 1. The van der Waals surface area contributed by atoms with Crippen molar-refractivity contribution >= 4 is 11.1 Å². The van der Waals surface area contributed by atoms with Gasteiger partial charge in [0.15, 0.2) is 11.1 Å². The van der Waals surface area contributed by atoms with Crippen LogP contribution in [0.2, 0.25) is 0 Å². The van der Waals surface area contributed by atoms with Crippen molar-refractivity contribution in [1.29, 1.82) is 5.26 Å². The van der Waals surface area contributed by atoms with E-state index in [9.17, 15) is 8.60 Å². The van der Waals surface area contributed by atoms with Crippen LogP contribution in [0.4, 0.5) is 4.39 Å². The molecule has 1 aromatic rings. The highest BCUT2D eigenvalue weighted by Gasteiger charge is 2.04. The summed E-state index contributed by atoms with van der Waals surface area (Å²) in [6.45, 7) is 0. The Balaban J connectivity index is 2.97. The molecule has 1 atom stereocenters. The van der Waals surface area contributed by atoms with Gasteiger partial charge in [-0.25, -0.2) is 8.60 Å². The minimum atomic E-state index is -1.98. The smallest absolute Gasteiger partial charge is 0.157 e. The molecule has 0 radical (unpaired) electrons. The van der Waals surface area contributed by atoms with Crippen LogP contribution in [0, 0.1) is 17.1 Å². The van der Waals surface area contributed by atoms with Gasteiger partial charge in [0.2, 0.25) is 0 Å². The minimum Gasteiger partial charge on any atom is -0.306 e. The van der Waals surface area contributed by atoms with E-state index in [1.165, 1.54) is 12.1 Å². The molecule has 3 nitrogen and oxygen atoms in total. The first-order chi connectivity index (χ1) is 6.13. The van der Waals surface area contributed by atoms with Crippen LogP contribution in [0.3, 0.4) is 0 Å². The molecule has 0 aliphatic carbocycles. The van der Waals surface area contributed by atoms with Gasteiger partial charge in [0, 0.05) is 0 Å². The molecule has 0 fully saturated rings. The average Bonchev–Trinajstić information content (AvgIpc) is 2.03. The third-order valence-electron chi connectivity index (χ3n) is 1.44. The van der Waals surface area contributed by atoms with Gasteiger partial charge in [0.25, 0.3) is 0 Å². The zero-order valence-electron chi connectivity index (χ0n) is 6.53. The Morgan fingerprint density at radius 1 is 1.62 bits per heavy atom. The third-order valence-corrected chi connectivity index (χ3v) is 2.02. The van der Waals surface area contributed by atoms with Crippen LogP contribution >= 0.6 is 0 Å². The Hall–Kier alpha value is -1.25.